The van der Waals surface area contributed by atoms with Crippen LogP contribution in [0, 0.1) is 17.5 Å². The van der Waals surface area contributed by atoms with Crippen molar-refractivity contribution < 1.29 is 49.1 Å². The number of alkyl halides is 6. The number of hydrogen-bond acceptors (Lipinski definition) is 6. The molecule has 1 aliphatic rings. The minimum atomic E-state index is -4.08. The molecule has 6 rings (SSSR count). The van der Waals surface area contributed by atoms with E-state index >= 15 is 0 Å². The van der Waals surface area contributed by atoms with Crippen molar-refractivity contribution in [1.29, 1.82) is 0 Å². The summed E-state index contributed by atoms with van der Waals surface area (Å²) in [6.07, 6.45) is -6.92. The van der Waals surface area contributed by atoms with Crippen LogP contribution in [0.4, 0.5) is 39.5 Å². The Balaban J connectivity index is 1.46. The zero-order valence-electron chi connectivity index (χ0n) is 24.6. The van der Waals surface area contributed by atoms with E-state index in [1.807, 2.05) is 0 Å². The molecule has 2 aromatic carbocycles. The van der Waals surface area contributed by atoms with Gasteiger partial charge in [-0.15, -0.1) is 11.3 Å². The molecule has 1 aliphatic carbocycles. The van der Waals surface area contributed by atoms with Crippen LogP contribution in [0.3, 0.4) is 0 Å². The molecule has 0 saturated carbocycles. The number of aromatic nitrogens is 4. The molecule has 0 aliphatic heterocycles. The third kappa shape index (κ3) is 6.56. The molecule has 2 amide bonds. The zero-order chi connectivity index (χ0) is 35.4. The molecule has 49 heavy (non-hydrogen) atoms. The van der Waals surface area contributed by atoms with E-state index in [2.05, 4.69) is 20.4 Å². The smallest absolute Gasteiger partial charge is 0.290 e. The van der Waals surface area contributed by atoms with Gasteiger partial charge in [0.25, 0.3) is 24.2 Å². The molecule has 5 aromatic rings. The van der Waals surface area contributed by atoms with E-state index in [1.165, 1.54) is 17.6 Å². The van der Waals surface area contributed by atoms with Gasteiger partial charge in [0.1, 0.15) is 35.4 Å². The van der Waals surface area contributed by atoms with Gasteiger partial charge < -0.3 is 11.1 Å². The summed E-state index contributed by atoms with van der Waals surface area (Å²) >= 11 is 1.14. The molecule has 3 aromatic heterocycles. The number of carbonyl (C=O) groups excluding carboxylic acids is 2. The monoisotopic (exact) mass is 712 g/mol. The summed E-state index contributed by atoms with van der Waals surface area (Å²) in [5.74, 6) is -13.4. The Kier molecular flexibility index (Phi) is 8.62. The predicted molar refractivity (Wildman–Crippen MR) is 156 cm³/mol. The Hall–Kier alpha value is -5.00. The number of amides is 2. The first-order valence-electron chi connectivity index (χ1n) is 14.3. The number of nitrogens with two attached hydrogens (primary N) is 1. The second-order valence-corrected chi connectivity index (χ2v) is 12.1. The summed E-state index contributed by atoms with van der Waals surface area (Å²) in [4.78, 5) is 34.1. The molecule has 0 unspecified atom stereocenters. The molecular weight excluding hydrogens is 691 g/mol. The molecule has 3 N–H and O–H groups in total. The highest BCUT2D eigenvalue weighted by molar-refractivity contribution is 7.16. The second kappa shape index (κ2) is 12.5. The zero-order valence-corrected chi connectivity index (χ0v) is 25.4. The number of benzene rings is 2. The van der Waals surface area contributed by atoms with Crippen LogP contribution < -0.4 is 11.1 Å². The first-order chi connectivity index (χ1) is 23.0. The third-order valence-corrected chi connectivity index (χ3v) is 8.63. The lowest BCUT2D eigenvalue weighted by Gasteiger charge is -2.29. The molecule has 0 bridgehead atoms. The van der Waals surface area contributed by atoms with Crippen molar-refractivity contribution in [3.8, 4) is 11.1 Å². The molecule has 18 heteroatoms. The Morgan fingerprint density at radius 2 is 1.65 bits per heavy atom. The fourth-order valence-corrected chi connectivity index (χ4v) is 6.44. The average Bonchev–Trinajstić information content (AvgIpc) is 3.64. The number of nitrogens with one attached hydrogen (secondary N) is 1. The van der Waals surface area contributed by atoms with E-state index in [0.717, 1.165) is 35.6 Å². The van der Waals surface area contributed by atoms with Crippen LogP contribution >= 0.6 is 11.3 Å². The van der Waals surface area contributed by atoms with E-state index in [1.54, 1.807) is 0 Å². The van der Waals surface area contributed by atoms with Gasteiger partial charge in [-0.1, -0.05) is 6.07 Å². The van der Waals surface area contributed by atoms with Gasteiger partial charge in [0.05, 0.1) is 33.1 Å². The molecule has 1 atom stereocenters. The highest BCUT2D eigenvalue weighted by Gasteiger charge is 2.55. The summed E-state index contributed by atoms with van der Waals surface area (Å²) in [5, 5.41) is 5.75. The van der Waals surface area contributed by atoms with E-state index in [-0.39, 0.29) is 32.7 Å². The number of fused-ring (bicyclic) bond motifs is 2. The van der Waals surface area contributed by atoms with Crippen LogP contribution in [-0.4, -0.2) is 31.6 Å². The molecule has 0 saturated heterocycles. The van der Waals surface area contributed by atoms with E-state index < -0.39 is 102 Å². The highest BCUT2D eigenvalue weighted by Crippen LogP contribution is 2.52. The predicted octanol–water partition coefficient (Wildman–Crippen LogP) is 7.09. The van der Waals surface area contributed by atoms with E-state index in [0.29, 0.717) is 10.8 Å². The summed E-state index contributed by atoms with van der Waals surface area (Å²) < 4.78 is 130. The maximum absolute atomic E-state index is 15.0. The van der Waals surface area contributed by atoms with Crippen LogP contribution in [0.5, 0.6) is 0 Å². The maximum Gasteiger partial charge on any atom is 0.290 e. The van der Waals surface area contributed by atoms with Crippen molar-refractivity contribution in [2.45, 2.75) is 50.1 Å². The summed E-state index contributed by atoms with van der Waals surface area (Å²) in [5.41, 5.74) is 1.81. The Morgan fingerprint density at radius 1 is 0.959 bits per heavy atom. The number of primary amides is 1. The lowest BCUT2D eigenvalue weighted by atomic mass is 9.89. The quantitative estimate of drug-likeness (QED) is 0.159. The van der Waals surface area contributed by atoms with Crippen LogP contribution in [0.25, 0.3) is 21.5 Å². The Bertz CT molecular complexity index is 2100. The number of nitrogens with zero attached hydrogens (tertiary/aromatic N) is 4. The van der Waals surface area contributed by atoms with Crippen LogP contribution in [0.2, 0.25) is 0 Å². The van der Waals surface area contributed by atoms with Gasteiger partial charge in [-0.3, -0.25) is 14.3 Å². The number of hydrogen-bond donors (Lipinski definition) is 2. The molecule has 0 spiro atoms. The summed E-state index contributed by atoms with van der Waals surface area (Å²) in [6, 6.07) is 5.91. The Labute approximate surface area is 273 Å². The highest BCUT2D eigenvalue weighted by atomic mass is 32.1. The maximum atomic E-state index is 15.0. The minimum absolute atomic E-state index is 0.0338. The van der Waals surface area contributed by atoms with Crippen LogP contribution in [-0.2, 0) is 29.6 Å². The lowest BCUT2D eigenvalue weighted by Crippen LogP contribution is -2.37. The largest absolute Gasteiger partial charge is 0.366 e. The molecular formula is C31H21F9N6O2S. The molecule has 3 heterocycles. The topological polar surface area (TPSA) is 116 Å². The van der Waals surface area contributed by atoms with Gasteiger partial charge in [0, 0.05) is 24.5 Å². The standard InChI is InChI=1S/C31H21F9N6O2S/c32-15-5-13(6-16(33)9-15)7-20(24-17(10-21-29(44-24)42-12-49-21)14-1-2-19(34)18(8-14)28(41)48)43-22(47)11-46-26-23(25(45-46)27(35)36)30(37,38)3-4-31(26,39)40/h1-2,5-6,8-10,12,20,27H,3-4,7,11H2,(H2,41,48)(H,43,47)/t20-/m0/s1. The van der Waals surface area contributed by atoms with Crippen molar-refractivity contribution in [2.75, 3.05) is 0 Å². The summed E-state index contributed by atoms with van der Waals surface area (Å²) in [6.45, 7) is -1.24. The van der Waals surface area contributed by atoms with Gasteiger partial charge in [-0.05, 0) is 47.9 Å². The SMILES string of the molecule is NC(=O)c1cc(-c2cc3scnc3nc2[C@H](Cc2cc(F)cc(F)c2)NC(=O)Cn2nc(C(F)F)c3c2C(F)(F)CCC3(F)F)ccc1F. The average molecular weight is 713 g/mol. The summed E-state index contributed by atoms with van der Waals surface area (Å²) in [7, 11) is 0. The van der Waals surface area contributed by atoms with Crippen molar-refractivity contribution in [2.24, 2.45) is 5.73 Å². The van der Waals surface area contributed by atoms with Crippen molar-refractivity contribution >= 4 is 33.5 Å². The molecule has 0 fully saturated rings. The van der Waals surface area contributed by atoms with Gasteiger partial charge in [0.15, 0.2) is 5.65 Å². The van der Waals surface area contributed by atoms with Crippen molar-refractivity contribution in [3.05, 3.63) is 99.2 Å². The molecule has 8 nitrogen and oxygen atoms in total. The van der Waals surface area contributed by atoms with Gasteiger partial charge >= 0.3 is 0 Å². The first-order valence-corrected chi connectivity index (χ1v) is 15.2. The molecule has 0 radical (unpaired) electrons. The van der Waals surface area contributed by atoms with Gasteiger partial charge in [-0.2, -0.15) is 13.9 Å². The van der Waals surface area contributed by atoms with Gasteiger partial charge in [-0.25, -0.2) is 40.7 Å². The van der Waals surface area contributed by atoms with E-state index in [4.69, 9.17) is 5.73 Å². The fraction of sp³-hybridized carbons (Fsp3) is 0.258. The number of pyridine rings is 1. The number of rotatable bonds is 9. The Morgan fingerprint density at radius 3 is 2.33 bits per heavy atom. The van der Waals surface area contributed by atoms with Crippen molar-refractivity contribution in [3.63, 3.8) is 0 Å². The van der Waals surface area contributed by atoms with E-state index in [9.17, 15) is 49.1 Å². The van der Waals surface area contributed by atoms with Crippen LogP contribution in [0.1, 0.15) is 63.9 Å². The number of thiazole rings is 1. The van der Waals surface area contributed by atoms with Crippen molar-refractivity contribution in [1.82, 2.24) is 25.1 Å². The normalized spacial score (nSPS) is 15.7. The third-order valence-electron chi connectivity index (χ3n) is 7.87. The van der Waals surface area contributed by atoms with Gasteiger partial charge in [0.2, 0.25) is 5.91 Å². The van der Waals surface area contributed by atoms with Crippen LogP contribution in [0.15, 0.2) is 48.0 Å². The minimum Gasteiger partial charge on any atom is -0.366 e. The lowest BCUT2D eigenvalue weighted by molar-refractivity contribution is -0.123. The first kappa shape index (κ1) is 33.9. The number of halogens is 9. The second-order valence-electron chi connectivity index (χ2n) is 11.2. The number of carbonyl (C=O) groups is 2. The molecule has 256 valence electrons. The fourth-order valence-electron chi connectivity index (χ4n) is 5.78.